The number of rotatable bonds is 16. The quantitative estimate of drug-likeness (QED) is 0.152. The first-order valence-electron chi connectivity index (χ1n) is 11.7. The first kappa shape index (κ1) is 31.8. The van der Waals surface area contributed by atoms with E-state index in [2.05, 4.69) is 16.0 Å². The number of carbonyl (C=O) groups is 6. The molecule has 4 amide bonds. The lowest BCUT2D eigenvalue weighted by molar-refractivity contribution is -0.155. The number of ether oxygens (including phenoxy) is 1. The minimum absolute atomic E-state index is 0.0657. The largest absolute Gasteiger partial charge is 0.480 e. The van der Waals surface area contributed by atoms with E-state index in [1.807, 2.05) is 6.92 Å². The van der Waals surface area contributed by atoms with Crippen molar-refractivity contribution in [2.24, 2.45) is 17.6 Å². The van der Waals surface area contributed by atoms with Crippen molar-refractivity contribution in [1.82, 2.24) is 16.0 Å². The summed E-state index contributed by atoms with van der Waals surface area (Å²) in [4.78, 5) is 71.2. The molecule has 0 heterocycles. The van der Waals surface area contributed by atoms with E-state index in [1.54, 1.807) is 27.7 Å². The molecule has 35 heavy (non-hydrogen) atoms. The zero-order valence-corrected chi connectivity index (χ0v) is 21.3. The first-order valence-corrected chi connectivity index (χ1v) is 11.7. The van der Waals surface area contributed by atoms with Gasteiger partial charge in [-0.25, -0.2) is 9.59 Å². The Labute approximate surface area is 206 Å². The van der Waals surface area contributed by atoms with E-state index in [9.17, 15) is 33.9 Å². The minimum Gasteiger partial charge on any atom is -0.480 e. The minimum atomic E-state index is -1.23. The number of ketones is 1. The van der Waals surface area contributed by atoms with Gasteiger partial charge in [-0.3, -0.25) is 19.2 Å². The summed E-state index contributed by atoms with van der Waals surface area (Å²) in [5, 5.41) is 16.7. The molecule has 1 unspecified atom stereocenters. The van der Waals surface area contributed by atoms with E-state index in [-0.39, 0.29) is 51.1 Å². The summed E-state index contributed by atoms with van der Waals surface area (Å²) in [7, 11) is 0. The van der Waals surface area contributed by atoms with Crippen LogP contribution in [0.5, 0.6) is 0 Å². The molecule has 0 saturated heterocycles. The number of carboxylic acid groups (broad SMARTS) is 1. The summed E-state index contributed by atoms with van der Waals surface area (Å²) in [6.45, 7) is 8.63. The van der Waals surface area contributed by atoms with Crippen LogP contribution in [0.25, 0.3) is 0 Å². The number of carbonyl (C=O) groups excluding carboxylic acids is 5. The molecule has 12 heteroatoms. The van der Waals surface area contributed by atoms with Crippen molar-refractivity contribution < 1.29 is 38.6 Å². The van der Waals surface area contributed by atoms with Gasteiger partial charge >= 0.3 is 18.0 Å². The average molecular weight is 501 g/mol. The molecule has 0 aromatic heterocycles. The maximum absolute atomic E-state index is 12.8. The predicted octanol–water partition coefficient (Wildman–Crippen LogP) is 0.864. The van der Waals surface area contributed by atoms with Gasteiger partial charge in [-0.05, 0) is 39.5 Å². The van der Waals surface area contributed by atoms with E-state index in [0.717, 1.165) is 0 Å². The summed E-state index contributed by atoms with van der Waals surface area (Å²) < 4.78 is 5.12. The molecule has 3 atom stereocenters. The number of nitrogens with one attached hydrogen (secondary N) is 3. The van der Waals surface area contributed by atoms with Gasteiger partial charge in [0.2, 0.25) is 11.8 Å². The smallest absolute Gasteiger partial charge is 0.326 e. The van der Waals surface area contributed by atoms with Crippen LogP contribution in [0, 0.1) is 11.8 Å². The molecule has 0 aliphatic heterocycles. The van der Waals surface area contributed by atoms with Crippen molar-refractivity contribution in [2.45, 2.75) is 84.8 Å². The lowest BCUT2D eigenvalue weighted by Crippen LogP contribution is -2.46. The van der Waals surface area contributed by atoms with E-state index in [1.165, 1.54) is 0 Å². The molecular weight excluding hydrogens is 460 g/mol. The molecule has 0 spiro atoms. The lowest BCUT2D eigenvalue weighted by atomic mass is 9.86. The fraction of sp³-hybridized carbons (Fsp3) is 0.739. The number of hydrogen-bond acceptors (Lipinski definition) is 7. The van der Waals surface area contributed by atoms with Crippen molar-refractivity contribution in [1.29, 1.82) is 0 Å². The number of esters is 1. The molecular formula is C23H40N4O8. The van der Waals surface area contributed by atoms with Crippen LogP contribution in [0.3, 0.4) is 0 Å². The van der Waals surface area contributed by atoms with Crippen LogP contribution in [0.2, 0.25) is 0 Å². The van der Waals surface area contributed by atoms with Crippen LogP contribution in [-0.4, -0.2) is 65.4 Å². The predicted molar refractivity (Wildman–Crippen MR) is 127 cm³/mol. The molecule has 0 rings (SSSR count). The zero-order chi connectivity index (χ0) is 27.2. The summed E-state index contributed by atoms with van der Waals surface area (Å²) in [6, 6.07) is -1.92. The fourth-order valence-corrected chi connectivity index (χ4v) is 3.10. The number of urea groups is 1. The molecule has 0 aliphatic carbocycles. The van der Waals surface area contributed by atoms with Crippen molar-refractivity contribution in [3.8, 4) is 0 Å². The summed E-state index contributed by atoms with van der Waals surface area (Å²) in [6.07, 6.45) is 0.485. The SMILES string of the molecule is CCC(C)[C@H](CC(=O)CNC(=O)CCC(=O)OC(C)(C)C)C(=O)N[C@@H](CCCNC(N)=O)C(=O)O. The highest BCUT2D eigenvalue weighted by Crippen LogP contribution is 2.20. The zero-order valence-electron chi connectivity index (χ0n) is 21.3. The number of Topliss-reactive ketones (excluding diaryl/α,β-unsaturated/α-hetero) is 1. The van der Waals surface area contributed by atoms with E-state index in [4.69, 9.17) is 10.5 Å². The molecule has 0 bridgehead atoms. The van der Waals surface area contributed by atoms with Gasteiger partial charge in [0.05, 0.1) is 13.0 Å². The van der Waals surface area contributed by atoms with E-state index in [0.29, 0.717) is 6.42 Å². The summed E-state index contributed by atoms with van der Waals surface area (Å²) in [5.41, 5.74) is 4.31. The third-order valence-corrected chi connectivity index (χ3v) is 5.16. The number of amides is 4. The molecule has 0 fully saturated rings. The molecule has 0 radical (unpaired) electrons. The van der Waals surface area contributed by atoms with Gasteiger partial charge in [0.25, 0.3) is 0 Å². The van der Waals surface area contributed by atoms with Crippen molar-refractivity contribution in [3.63, 3.8) is 0 Å². The second kappa shape index (κ2) is 15.7. The maximum atomic E-state index is 12.8. The molecule has 6 N–H and O–H groups in total. The van der Waals surface area contributed by atoms with Crippen LogP contribution in [0.15, 0.2) is 0 Å². The van der Waals surface area contributed by atoms with Gasteiger partial charge in [0.1, 0.15) is 11.6 Å². The third kappa shape index (κ3) is 15.4. The van der Waals surface area contributed by atoms with Gasteiger partial charge in [-0.15, -0.1) is 0 Å². The number of primary amides is 1. The average Bonchev–Trinajstić information content (AvgIpc) is 2.74. The number of carboxylic acids is 1. The summed E-state index contributed by atoms with van der Waals surface area (Å²) in [5.74, 6) is -4.21. The van der Waals surface area contributed by atoms with Gasteiger partial charge in [-0.2, -0.15) is 0 Å². The highest BCUT2D eigenvalue weighted by Gasteiger charge is 2.30. The number of nitrogens with two attached hydrogens (primary N) is 1. The molecule has 0 aliphatic rings. The lowest BCUT2D eigenvalue weighted by Gasteiger charge is -2.24. The van der Waals surface area contributed by atoms with Crippen LogP contribution < -0.4 is 21.7 Å². The summed E-state index contributed by atoms with van der Waals surface area (Å²) >= 11 is 0. The van der Waals surface area contributed by atoms with Crippen LogP contribution in [0.1, 0.15) is 73.1 Å². The third-order valence-electron chi connectivity index (χ3n) is 5.16. The Morgan fingerprint density at radius 2 is 1.66 bits per heavy atom. The Balaban J connectivity index is 4.80. The van der Waals surface area contributed by atoms with Crippen molar-refractivity contribution in [2.75, 3.05) is 13.1 Å². The maximum Gasteiger partial charge on any atom is 0.326 e. The number of hydrogen-bond donors (Lipinski definition) is 5. The van der Waals surface area contributed by atoms with Crippen LogP contribution in [0.4, 0.5) is 4.79 Å². The Hall–Kier alpha value is -3.18. The Morgan fingerprint density at radius 1 is 1.03 bits per heavy atom. The van der Waals surface area contributed by atoms with E-state index < -0.39 is 53.1 Å². The molecule has 200 valence electrons. The van der Waals surface area contributed by atoms with Gasteiger partial charge in [-0.1, -0.05) is 20.3 Å². The Bertz CT molecular complexity index is 763. The van der Waals surface area contributed by atoms with Crippen molar-refractivity contribution >= 4 is 35.6 Å². The van der Waals surface area contributed by atoms with Gasteiger partial charge < -0.3 is 31.5 Å². The topological polar surface area (TPSA) is 194 Å². The van der Waals surface area contributed by atoms with Crippen molar-refractivity contribution in [3.05, 3.63) is 0 Å². The Morgan fingerprint density at radius 3 is 2.17 bits per heavy atom. The monoisotopic (exact) mass is 500 g/mol. The standard InChI is InChI=1S/C23H40N4O8/c1-6-14(2)16(20(31)27-17(21(32)33)8-7-11-25-22(24)34)12-15(28)13-26-18(29)9-10-19(30)35-23(3,4)5/h14,16-17H,6-13H2,1-5H3,(H,26,29)(H,27,31)(H,32,33)(H3,24,25,34)/t14?,16-,17-/m0/s1. The fourth-order valence-electron chi connectivity index (χ4n) is 3.10. The van der Waals surface area contributed by atoms with Crippen LogP contribution in [-0.2, 0) is 28.7 Å². The molecule has 12 nitrogen and oxygen atoms in total. The number of aliphatic carboxylic acids is 1. The molecule has 0 aromatic carbocycles. The first-order chi connectivity index (χ1) is 16.2. The highest BCUT2D eigenvalue weighted by atomic mass is 16.6. The highest BCUT2D eigenvalue weighted by molar-refractivity contribution is 5.92. The molecule has 0 saturated carbocycles. The second-order valence-electron chi connectivity index (χ2n) is 9.43. The normalized spacial score (nSPS) is 13.6. The second-order valence-corrected chi connectivity index (χ2v) is 9.43. The van der Waals surface area contributed by atoms with Gasteiger partial charge in [0.15, 0.2) is 5.78 Å². The van der Waals surface area contributed by atoms with Crippen LogP contribution >= 0.6 is 0 Å². The van der Waals surface area contributed by atoms with Gasteiger partial charge in [0, 0.05) is 25.3 Å². The Kier molecular flexibility index (Phi) is 14.2. The van der Waals surface area contributed by atoms with E-state index >= 15 is 0 Å². The molecule has 0 aromatic rings.